The van der Waals surface area contributed by atoms with E-state index in [4.69, 9.17) is 10.3 Å². The third-order valence-corrected chi connectivity index (χ3v) is 1.42. The third kappa shape index (κ3) is 4.80. The van der Waals surface area contributed by atoms with Gasteiger partial charge in [-0.15, -0.1) is 0 Å². The van der Waals surface area contributed by atoms with Crippen LogP contribution in [0.4, 0.5) is 16.4 Å². The fourth-order valence-corrected chi connectivity index (χ4v) is 0.899. The summed E-state index contributed by atoms with van der Waals surface area (Å²) in [5, 5.41) is 5.65. The summed E-state index contributed by atoms with van der Waals surface area (Å²) in [6.07, 6.45) is 2.04. The molecule has 1 aromatic heterocycles. The Morgan fingerprint density at radius 3 is 2.53 bits per heavy atom. The van der Waals surface area contributed by atoms with Gasteiger partial charge in [-0.3, -0.25) is 5.32 Å². The lowest BCUT2D eigenvalue weighted by atomic mass is 10.2. The lowest BCUT2D eigenvalue weighted by Crippen LogP contribution is -2.27. The van der Waals surface area contributed by atoms with Crippen LogP contribution in [-0.2, 0) is 4.74 Å². The summed E-state index contributed by atoms with van der Waals surface area (Å²) in [6, 6.07) is 0. The third-order valence-electron chi connectivity index (χ3n) is 1.42. The van der Waals surface area contributed by atoms with Crippen LogP contribution >= 0.6 is 0 Å². The lowest BCUT2D eigenvalue weighted by molar-refractivity contribution is 0.0636. The minimum absolute atomic E-state index is 0.0118. The second-order valence-corrected chi connectivity index (χ2v) is 4.09. The van der Waals surface area contributed by atoms with E-state index < -0.39 is 11.7 Å². The molecule has 0 atom stereocenters. The van der Waals surface area contributed by atoms with Crippen LogP contribution in [-0.4, -0.2) is 21.7 Å². The lowest BCUT2D eigenvalue weighted by Gasteiger charge is -2.19. The van der Waals surface area contributed by atoms with E-state index in [9.17, 15) is 4.79 Å². The van der Waals surface area contributed by atoms with Gasteiger partial charge in [0.05, 0.1) is 18.1 Å². The second kappa shape index (κ2) is 5.13. The van der Waals surface area contributed by atoms with E-state index in [2.05, 4.69) is 25.3 Å². The molecule has 8 heteroatoms. The number of hydrogen-bond acceptors (Lipinski definition) is 5. The molecule has 8 nitrogen and oxygen atoms in total. The molecule has 0 saturated carbocycles. The minimum Gasteiger partial charge on any atom is -0.444 e. The Hall–Kier alpha value is -2.34. The molecule has 1 N–H and O–H groups in total. The molecule has 0 aliphatic rings. The van der Waals surface area contributed by atoms with Gasteiger partial charge in [0.25, 0.3) is 0 Å². The molecule has 0 bridgehead atoms. The van der Waals surface area contributed by atoms with Crippen molar-refractivity contribution in [1.29, 1.82) is 0 Å². The molecule has 0 aromatic carbocycles. The Labute approximate surface area is 97.7 Å². The average molecular weight is 236 g/mol. The summed E-state index contributed by atoms with van der Waals surface area (Å²) in [5.74, 6) is -0.0118. The van der Waals surface area contributed by atoms with Crippen LogP contribution in [0.3, 0.4) is 0 Å². The number of anilines is 1. The van der Waals surface area contributed by atoms with Crippen LogP contribution in [0.2, 0.25) is 0 Å². The maximum absolute atomic E-state index is 11.4. The van der Waals surface area contributed by atoms with Crippen molar-refractivity contribution >= 4 is 17.7 Å². The summed E-state index contributed by atoms with van der Waals surface area (Å²) in [5.41, 5.74) is 7.93. The fraction of sp³-hybridized carbons (Fsp3) is 0.444. The number of aromatic nitrogens is 2. The van der Waals surface area contributed by atoms with Crippen LogP contribution in [0.5, 0.6) is 0 Å². The molecule has 0 aliphatic carbocycles. The molecular weight excluding hydrogens is 224 g/mol. The van der Waals surface area contributed by atoms with Gasteiger partial charge >= 0.3 is 6.09 Å². The Kier molecular flexibility index (Phi) is 3.84. The van der Waals surface area contributed by atoms with Crippen LogP contribution in [0, 0.1) is 0 Å². The zero-order valence-corrected chi connectivity index (χ0v) is 9.71. The summed E-state index contributed by atoms with van der Waals surface area (Å²) in [7, 11) is 0. The van der Waals surface area contributed by atoms with Gasteiger partial charge in [0.2, 0.25) is 5.95 Å². The van der Waals surface area contributed by atoms with E-state index in [1.54, 1.807) is 20.8 Å². The SMILES string of the molecule is CC(C)(C)OC(=O)Nc1cnc(N=[N+]=[N-])nc1. The molecule has 0 unspecified atom stereocenters. The van der Waals surface area contributed by atoms with Crippen LogP contribution < -0.4 is 5.32 Å². The van der Waals surface area contributed by atoms with Gasteiger partial charge in [-0.1, -0.05) is 0 Å². The van der Waals surface area contributed by atoms with Gasteiger partial charge in [-0.05, 0) is 31.4 Å². The molecule has 1 heterocycles. The van der Waals surface area contributed by atoms with E-state index in [1.807, 2.05) is 0 Å². The smallest absolute Gasteiger partial charge is 0.412 e. The first-order valence-corrected chi connectivity index (χ1v) is 4.78. The standard InChI is InChI=1S/C9H12N6O2/c1-9(2,3)17-8(16)13-6-4-11-7(12-5-6)14-15-10/h4-5H,1-3H3,(H,13,16). The maximum atomic E-state index is 11.4. The number of nitrogens with one attached hydrogen (secondary N) is 1. The topological polar surface area (TPSA) is 113 Å². The molecule has 0 fully saturated rings. The number of carbonyl (C=O) groups excluding carboxylic acids is 1. The Balaban J connectivity index is 2.63. The number of nitrogens with zero attached hydrogens (tertiary/aromatic N) is 5. The Morgan fingerprint density at radius 1 is 1.47 bits per heavy atom. The number of hydrogen-bond donors (Lipinski definition) is 1. The number of rotatable bonds is 2. The predicted octanol–water partition coefficient (Wildman–Crippen LogP) is 2.77. The van der Waals surface area contributed by atoms with Gasteiger partial charge in [-0.25, -0.2) is 14.8 Å². The number of ether oxygens (including phenoxy) is 1. The van der Waals surface area contributed by atoms with E-state index in [0.717, 1.165) is 0 Å². The number of amides is 1. The quantitative estimate of drug-likeness (QED) is 0.483. The maximum Gasteiger partial charge on any atom is 0.412 e. The highest BCUT2D eigenvalue weighted by Gasteiger charge is 2.16. The minimum atomic E-state index is -0.599. The highest BCUT2D eigenvalue weighted by molar-refractivity contribution is 5.84. The molecule has 1 amide bonds. The van der Waals surface area contributed by atoms with E-state index in [-0.39, 0.29) is 5.95 Å². The predicted molar refractivity (Wildman–Crippen MR) is 60.7 cm³/mol. The van der Waals surface area contributed by atoms with Crippen LogP contribution in [0.25, 0.3) is 10.4 Å². The van der Waals surface area contributed by atoms with Gasteiger partial charge in [0, 0.05) is 4.91 Å². The first-order chi connectivity index (χ1) is 7.90. The molecule has 0 aliphatic heterocycles. The Bertz CT molecular complexity index is 444. The van der Waals surface area contributed by atoms with Crippen molar-refractivity contribution in [2.75, 3.05) is 5.32 Å². The van der Waals surface area contributed by atoms with Crippen molar-refractivity contribution in [1.82, 2.24) is 9.97 Å². The zero-order chi connectivity index (χ0) is 12.9. The molecule has 1 aromatic rings. The molecule has 1 rings (SSSR count). The van der Waals surface area contributed by atoms with Crippen molar-refractivity contribution in [3.05, 3.63) is 22.8 Å². The van der Waals surface area contributed by atoms with Crippen LogP contribution in [0.15, 0.2) is 17.5 Å². The molecule has 0 saturated heterocycles. The second-order valence-electron chi connectivity index (χ2n) is 4.09. The molecule has 0 radical (unpaired) electrons. The van der Waals surface area contributed by atoms with Gasteiger partial charge < -0.3 is 4.74 Å². The zero-order valence-electron chi connectivity index (χ0n) is 9.71. The molecule has 90 valence electrons. The van der Waals surface area contributed by atoms with Crippen molar-refractivity contribution in [3.63, 3.8) is 0 Å². The number of azide groups is 1. The van der Waals surface area contributed by atoms with Gasteiger partial charge in [-0.2, -0.15) is 0 Å². The van der Waals surface area contributed by atoms with Crippen molar-refractivity contribution in [2.24, 2.45) is 5.11 Å². The number of carbonyl (C=O) groups is 1. The fourth-order valence-electron chi connectivity index (χ4n) is 0.899. The molecule has 0 spiro atoms. The van der Waals surface area contributed by atoms with Crippen molar-refractivity contribution in [2.45, 2.75) is 26.4 Å². The van der Waals surface area contributed by atoms with E-state index in [0.29, 0.717) is 5.69 Å². The summed E-state index contributed by atoms with van der Waals surface area (Å²) in [4.78, 5) is 21.3. The summed E-state index contributed by atoms with van der Waals surface area (Å²) in [6.45, 7) is 5.27. The normalized spacial score (nSPS) is 10.3. The Morgan fingerprint density at radius 2 is 2.06 bits per heavy atom. The van der Waals surface area contributed by atoms with Crippen LogP contribution in [0.1, 0.15) is 20.8 Å². The molecular formula is C9H12N6O2. The first kappa shape index (κ1) is 12.7. The van der Waals surface area contributed by atoms with Crippen molar-refractivity contribution < 1.29 is 9.53 Å². The summed E-state index contributed by atoms with van der Waals surface area (Å²) >= 11 is 0. The van der Waals surface area contributed by atoms with E-state index >= 15 is 0 Å². The van der Waals surface area contributed by atoms with Gasteiger partial charge in [0.15, 0.2) is 0 Å². The largest absolute Gasteiger partial charge is 0.444 e. The summed E-state index contributed by atoms with van der Waals surface area (Å²) < 4.78 is 5.03. The van der Waals surface area contributed by atoms with Gasteiger partial charge in [0.1, 0.15) is 5.60 Å². The highest BCUT2D eigenvalue weighted by Crippen LogP contribution is 2.11. The first-order valence-electron chi connectivity index (χ1n) is 4.78. The van der Waals surface area contributed by atoms with E-state index in [1.165, 1.54) is 12.4 Å². The molecule has 17 heavy (non-hydrogen) atoms. The highest BCUT2D eigenvalue weighted by atomic mass is 16.6. The van der Waals surface area contributed by atoms with Crippen molar-refractivity contribution in [3.8, 4) is 0 Å². The monoisotopic (exact) mass is 236 g/mol. The average Bonchev–Trinajstić information content (AvgIpc) is 2.18.